The number of nitrogens with zero attached hydrogens (tertiary/aromatic N) is 2. The summed E-state index contributed by atoms with van der Waals surface area (Å²) in [6.07, 6.45) is 3.05. The second-order valence-electron chi connectivity index (χ2n) is 2.78. The van der Waals surface area contributed by atoms with Gasteiger partial charge in [-0.15, -0.1) is 0 Å². The van der Waals surface area contributed by atoms with Crippen LogP contribution in [0.3, 0.4) is 0 Å². The quantitative estimate of drug-likeness (QED) is 0.907. The van der Waals surface area contributed by atoms with Crippen LogP contribution < -0.4 is 10.5 Å². The average molecular weight is 266 g/mol. The summed E-state index contributed by atoms with van der Waals surface area (Å²) in [7, 11) is 0. The number of hydrogen-bond donors (Lipinski definition) is 1. The molecule has 5 heteroatoms. The number of aromatic nitrogens is 2. The summed E-state index contributed by atoms with van der Waals surface area (Å²) in [6, 6.07) is 7.46. The van der Waals surface area contributed by atoms with Crippen LogP contribution >= 0.6 is 15.9 Å². The van der Waals surface area contributed by atoms with Crippen molar-refractivity contribution >= 4 is 21.7 Å². The zero-order chi connectivity index (χ0) is 10.7. The first kappa shape index (κ1) is 9.92. The molecule has 2 N–H and O–H groups in total. The second kappa shape index (κ2) is 4.27. The van der Waals surface area contributed by atoms with Gasteiger partial charge in [-0.1, -0.05) is 12.1 Å². The lowest BCUT2D eigenvalue weighted by Crippen LogP contribution is -1.97. The molecule has 15 heavy (non-hydrogen) atoms. The lowest BCUT2D eigenvalue weighted by Gasteiger charge is -2.06. The molecule has 0 spiro atoms. The molecular weight excluding hydrogens is 258 g/mol. The van der Waals surface area contributed by atoms with E-state index >= 15 is 0 Å². The van der Waals surface area contributed by atoms with Crippen molar-refractivity contribution in [3.63, 3.8) is 0 Å². The molecule has 0 amide bonds. The monoisotopic (exact) mass is 265 g/mol. The number of para-hydroxylation sites is 1. The van der Waals surface area contributed by atoms with Crippen LogP contribution in [0.25, 0.3) is 0 Å². The van der Waals surface area contributed by atoms with Crippen LogP contribution in [0.1, 0.15) is 0 Å². The fourth-order valence-corrected chi connectivity index (χ4v) is 1.41. The Hall–Kier alpha value is -1.62. The van der Waals surface area contributed by atoms with E-state index in [-0.39, 0.29) is 5.82 Å². The summed E-state index contributed by atoms with van der Waals surface area (Å²) >= 11 is 3.36. The Morgan fingerprint density at radius 3 is 2.60 bits per heavy atom. The van der Waals surface area contributed by atoms with E-state index in [0.717, 1.165) is 4.47 Å². The molecule has 0 saturated heterocycles. The molecule has 0 unspecified atom stereocenters. The minimum Gasteiger partial charge on any atom is -0.435 e. The van der Waals surface area contributed by atoms with E-state index < -0.39 is 0 Å². The summed E-state index contributed by atoms with van der Waals surface area (Å²) < 4.78 is 6.34. The minimum absolute atomic E-state index is 0.272. The molecule has 1 aromatic carbocycles. The van der Waals surface area contributed by atoms with E-state index in [0.29, 0.717) is 11.6 Å². The summed E-state index contributed by atoms with van der Waals surface area (Å²) in [4.78, 5) is 7.86. The van der Waals surface area contributed by atoms with Gasteiger partial charge in [-0.2, -0.15) is 0 Å². The van der Waals surface area contributed by atoms with Crippen LogP contribution in [-0.4, -0.2) is 9.97 Å². The van der Waals surface area contributed by atoms with Crippen LogP contribution in [0.2, 0.25) is 0 Å². The number of hydrogen-bond acceptors (Lipinski definition) is 4. The Morgan fingerprint density at radius 1 is 1.13 bits per heavy atom. The van der Waals surface area contributed by atoms with Gasteiger partial charge in [0.2, 0.25) is 0 Å². The maximum atomic E-state index is 5.60. The minimum atomic E-state index is 0.272. The van der Waals surface area contributed by atoms with Crippen molar-refractivity contribution in [2.24, 2.45) is 0 Å². The van der Waals surface area contributed by atoms with E-state index in [9.17, 15) is 0 Å². The van der Waals surface area contributed by atoms with Crippen LogP contribution in [0, 0.1) is 0 Å². The first-order valence-electron chi connectivity index (χ1n) is 4.26. The highest BCUT2D eigenvalue weighted by Gasteiger charge is 2.05. The summed E-state index contributed by atoms with van der Waals surface area (Å²) in [5.74, 6) is 1.24. The third-order valence-corrected chi connectivity index (χ3v) is 2.39. The smallest absolute Gasteiger partial charge is 0.262 e. The van der Waals surface area contributed by atoms with Crippen LogP contribution in [0.15, 0.2) is 41.1 Å². The Kier molecular flexibility index (Phi) is 2.82. The molecule has 0 bridgehead atoms. The maximum Gasteiger partial charge on any atom is 0.262 e. The number of halogens is 1. The standard InChI is InChI=1S/C10H8BrN3O/c11-7-3-1-2-4-8(7)15-10-9(12)13-5-6-14-10/h1-6H,(H2,12,13). The van der Waals surface area contributed by atoms with Gasteiger partial charge in [0, 0.05) is 12.4 Å². The first-order valence-corrected chi connectivity index (χ1v) is 5.05. The molecule has 2 aromatic rings. The fourth-order valence-electron chi connectivity index (χ4n) is 1.05. The number of rotatable bonds is 2. The molecule has 2 rings (SSSR count). The number of nitrogens with two attached hydrogens (primary N) is 1. The number of nitrogen functional groups attached to an aromatic ring is 1. The number of ether oxygens (including phenoxy) is 1. The lowest BCUT2D eigenvalue weighted by molar-refractivity contribution is 0.460. The Balaban J connectivity index is 2.30. The van der Waals surface area contributed by atoms with Crippen molar-refractivity contribution in [1.82, 2.24) is 9.97 Å². The third kappa shape index (κ3) is 2.24. The molecule has 1 heterocycles. The molecule has 0 radical (unpaired) electrons. The molecule has 0 aliphatic heterocycles. The Bertz CT molecular complexity index is 432. The highest BCUT2D eigenvalue weighted by molar-refractivity contribution is 9.10. The number of benzene rings is 1. The van der Waals surface area contributed by atoms with E-state index in [1.807, 2.05) is 24.3 Å². The topological polar surface area (TPSA) is 61.0 Å². The highest BCUT2D eigenvalue weighted by atomic mass is 79.9. The van der Waals surface area contributed by atoms with Gasteiger partial charge in [0.25, 0.3) is 5.88 Å². The fraction of sp³-hybridized carbons (Fsp3) is 0. The van der Waals surface area contributed by atoms with Gasteiger partial charge in [-0.3, -0.25) is 0 Å². The predicted octanol–water partition coefficient (Wildman–Crippen LogP) is 2.61. The van der Waals surface area contributed by atoms with Crippen molar-refractivity contribution in [1.29, 1.82) is 0 Å². The summed E-state index contributed by atoms with van der Waals surface area (Å²) in [5, 5.41) is 0. The summed E-state index contributed by atoms with van der Waals surface area (Å²) in [5.41, 5.74) is 5.60. The van der Waals surface area contributed by atoms with Gasteiger partial charge in [-0.25, -0.2) is 9.97 Å². The lowest BCUT2D eigenvalue weighted by atomic mass is 10.3. The van der Waals surface area contributed by atoms with E-state index in [1.165, 1.54) is 12.4 Å². The van der Waals surface area contributed by atoms with E-state index in [2.05, 4.69) is 25.9 Å². The molecule has 0 aliphatic carbocycles. The molecule has 4 nitrogen and oxygen atoms in total. The van der Waals surface area contributed by atoms with Gasteiger partial charge in [0.05, 0.1) is 4.47 Å². The maximum absolute atomic E-state index is 5.60. The zero-order valence-corrected chi connectivity index (χ0v) is 9.31. The molecule has 1 aromatic heterocycles. The van der Waals surface area contributed by atoms with E-state index in [4.69, 9.17) is 10.5 Å². The average Bonchev–Trinajstić information content (AvgIpc) is 2.24. The van der Waals surface area contributed by atoms with Gasteiger partial charge < -0.3 is 10.5 Å². The molecular formula is C10H8BrN3O. The molecule has 0 aliphatic rings. The van der Waals surface area contributed by atoms with Crippen LogP contribution in [-0.2, 0) is 0 Å². The normalized spacial score (nSPS) is 9.93. The third-order valence-electron chi connectivity index (χ3n) is 1.73. The molecule has 0 saturated carbocycles. The second-order valence-corrected chi connectivity index (χ2v) is 3.63. The van der Waals surface area contributed by atoms with Gasteiger partial charge >= 0.3 is 0 Å². The predicted molar refractivity (Wildman–Crippen MR) is 60.7 cm³/mol. The molecule has 76 valence electrons. The largest absolute Gasteiger partial charge is 0.435 e. The van der Waals surface area contributed by atoms with Gasteiger partial charge in [-0.05, 0) is 28.1 Å². The van der Waals surface area contributed by atoms with Crippen molar-refractivity contribution in [3.8, 4) is 11.6 Å². The SMILES string of the molecule is Nc1nccnc1Oc1ccccc1Br. The summed E-state index contributed by atoms with van der Waals surface area (Å²) in [6.45, 7) is 0. The Morgan fingerprint density at radius 2 is 1.87 bits per heavy atom. The van der Waals surface area contributed by atoms with Crippen LogP contribution in [0.4, 0.5) is 5.82 Å². The van der Waals surface area contributed by atoms with Crippen molar-refractivity contribution < 1.29 is 4.74 Å². The van der Waals surface area contributed by atoms with Crippen LogP contribution in [0.5, 0.6) is 11.6 Å². The zero-order valence-electron chi connectivity index (χ0n) is 7.72. The van der Waals surface area contributed by atoms with Crippen molar-refractivity contribution in [2.75, 3.05) is 5.73 Å². The molecule has 0 atom stereocenters. The molecule has 0 fully saturated rings. The first-order chi connectivity index (χ1) is 7.27. The Labute approximate surface area is 95.2 Å². The van der Waals surface area contributed by atoms with Gasteiger partial charge in [0.15, 0.2) is 5.82 Å². The van der Waals surface area contributed by atoms with Crippen molar-refractivity contribution in [2.45, 2.75) is 0 Å². The van der Waals surface area contributed by atoms with Crippen molar-refractivity contribution in [3.05, 3.63) is 41.1 Å². The number of anilines is 1. The highest BCUT2D eigenvalue weighted by Crippen LogP contribution is 2.29. The van der Waals surface area contributed by atoms with Gasteiger partial charge in [0.1, 0.15) is 5.75 Å². The van der Waals surface area contributed by atoms with E-state index in [1.54, 1.807) is 0 Å².